The summed E-state index contributed by atoms with van der Waals surface area (Å²) < 4.78 is 48.8. The lowest BCUT2D eigenvalue weighted by Crippen LogP contribution is -2.22. The molecule has 8 heteroatoms. The van der Waals surface area contributed by atoms with Crippen LogP contribution in [0.2, 0.25) is 0 Å². The lowest BCUT2D eigenvalue weighted by Gasteiger charge is -2.12. The minimum Gasteiger partial charge on any atom is -0.478 e. The van der Waals surface area contributed by atoms with Crippen molar-refractivity contribution in [2.24, 2.45) is 0 Å². The van der Waals surface area contributed by atoms with Gasteiger partial charge in [0.05, 0.1) is 16.9 Å². The van der Waals surface area contributed by atoms with E-state index in [4.69, 9.17) is 10.8 Å². The molecule has 0 aliphatic carbocycles. The van der Waals surface area contributed by atoms with E-state index in [9.17, 15) is 22.4 Å². The van der Waals surface area contributed by atoms with Crippen LogP contribution in [0.5, 0.6) is 0 Å². The molecule has 0 radical (unpaired) electrons. The Kier molecular flexibility index (Phi) is 3.45. The van der Waals surface area contributed by atoms with E-state index < -0.39 is 30.1 Å². The third kappa shape index (κ3) is 3.51. The first kappa shape index (κ1) is 13.1. The van der Waals surface area contributed by atoms with Crippen molar-refractivity contribution >= 4 is 17.3 Å². The molecule has 0 fully saturated rings. The number of anilines is 2. The number of alkyl halides is 3. The Balaban J connectivity index is 2.96. The van der Waals surface area contributed by atoms with E-state index in [-0.39, 0.29) is 11.4 Å². The molecule has 0 heterocycles. The Morgan fingerprint density at radius 3 is 2.47 bits per heavy atom. The van der Waals surface area contributed by atoms with Crippen LogP contribution >= 0.6 is 0 Å². The van der Waals surface area contributed by atoms with Crippen LogP contribution < -0.4 is 11.1 Å². The molecule has 94 valence electrons. The van der Waals surface area contributed by atoms with Gasteiger partial charge in [0.2, 0.25) is 0 Å². The van der Waals surface area contributed by atoms with E-state index in [0.29, 0.717) is 6.07 Å². The number of nitrogens with one attached hydrogen (secondary N) is 1. The monoisotopic (exact) mass is 252 g/mol. The molecule has 0 amide bonds. The third-order valence-electron chi connectivity index (χ3n) is 1.85. The second-order valence-electron chi connectivity index (χ2n) is 3.19. The van der Waals surface area contributed by atoms with Crippen molar-refractivity contribution in [1.82, 2.24) is 0 Å². The van der Waals surface area contributed by atoms with Crippen molar-refractivity contribution in [3.63, 3.8) is 0 Å². The maximum Gasteiger partial charge on any atom is 0.405 e. The van der Waals surface area contributed by atoms with Gasteiger partial charge in [0, 0.05) is 0 Å². The molecule has 4 nitrogen and oxygen atoms in total. The third-order valence-corrected chi connectivity index (χ3v) is 1.85. The first-order chi connectivity index (χ1) is 7.70. The van der Waals surface area contributed by atoms with Gasteiger partial charge in [0.15, 0.2) is 0 Å². The van der Waals surface area contributed by atoms with Crippen LogP contribution in [0.3, 0.4) is 0 Å². The number of nitrogens with two attached hydrogens (primary N) is 1. The molecule has 1 aromatic carbocycles. The van der Waals surface area contributed by atoms with Gasteiger partial charge in [-0.05, 0) is 12.1 Å². The zero-order valence-electron chi connectivity index (χ0n) is 8.31. The van der Waals surface area contributed by atoms with Gasteiger partial charge >= 0.3 is 12.1 Å². The molecule has 17 heavy (non-hydrogen) atoms. The van der Waals surface area contributed by atoms with Crippen LogP contribution in [0, 0.1) is 5.82 Å². The van der Waals surface area contributed by atoms with Crippen LogP contribution in [-0.4, -0.2) is 23.8 Å². The van der Waals surface area contributed by atoms with Crippen molar-refractivity contribution in [1.29, 1.82) is 0 Å². The summed E-state index contributed by atoms with van der Waals surface area (Å²) in [7, 11) is 0. The summed E-state index contributed by atoms with van der Waals surface area (Å²) in [5.41, 5.74) is 4.03. The summed E-state index contributed by atoms with van der Waals surface area (Å²) in [5, 5.41) is 10.4. The Bertz CT molecular complexity index is 445. The minimum absolute atomic E-state index is 0.270. The normalized spacial score (nSPS) is 11.3. The van der Waals surface area contributed by atoms with Crippen molar-refractivity contribution in [2.75, 3.05) is 17.6 Å². The molecule has 1 aromatic rings. The molecule has 0 atom stereocenters. The number of hydrogen-bond donors (Lipinski definition) is 3. The molecule has 0 saturated heterocycles. The minimum atomic E-state index is -4.48. The summed E-state index contributed by atoms with van der Waals surface area (Å²) >= 11 is 0. The van der Waals surface area contributed by atoms with E-state index in [1.54, 1.807) is 0 Å². The number of hydrogen-bond acceptors (Lipinski definition) is 3. The van der Waals surface area contributed by atoms with Gasteiger partial charge in [-0.2, -0.15) is 13.2 Å². The Morgan fingerprint density at radius 2 is 2.00 bits per heavy atom. The second kappa shape index (κ2) is 4.48. The molecule has 0 aromatic heterocycles. The van der Waals surface area contributed by atoms with E-state index >= 15 is 0 Å². The molecule has 0 spiro atoms. The summed E-state index contributed by atoms with van der Waals surface area (Å²) in [6, 6.07) is 1.38. The molecule has 1 rings (SSSR count). The summed E-state index contributed by atoms with van der Waals surface area (Å²) in [4.78, 5) is 10.5. The number of carbonyl (C=O) groups is 1. The van der Waals surface area contributed by atoms with E-state index in [0.717, 1.165) is 6.07 Å². The molecule has 0 saturated carbocycles. The molecule has 0 unspecified atom stereocenters. The molecular formula is C9H8F4N2O2. The highest BCUT2D eigenvalue weighted by Crippen LogP contribution is 2.24. The van der Waals surface area contributed by atoms with Crippen molar-refractivity contribution in [3.8, 4) is 0 Å². The van der Waals surface area contributed by atoms with Gasteiger partial charge < -0.3 is 16.2 Å². The topological polar surface area (TPSA) is 75.4 Å². The summed E-state index contributed by atoms with van der Waals surface area (Å²) in [6.45, 7) is -1.39. The molecule has 0 aliphatic heterocycles. The molecular weight excluding hydrogens is 244 g/mol. The van der Waals surface area contributed by atoms with Gasteiger partial charge in [0.1, 0.15) is 12.4 Å². The second-order valence-corrected chi connectivity index (χ2v) is 3.19. The molecule has 0 bridgehead atoms. The number of rotatable bonds is 3. The fourth-order valence-corrected chi connectivity index (χ4v) is 1.10. The van der Waals surface area contributed by atoms with Crippen LogP contribution in [0.15, 0.2) is 12.1 Å². The van der Waals surface area contributed by atoms with Crippen molar-refractivity contribution in [2.45, 2.75) is 6.18 Å². The van der Waals surface area contributed by atoms with Gasteiger partial charge in [-0.25, -0.2) is 9.18 Å². The van der Waals surface area contributed by atoms with Crippen LogP contribution in [0.25, 0.3) is 0 Å². The predicted octanol–water partition coefficient (Wildman–Crippen LogP) is 2.08. The Labute approximate surface area is 93.0 Å². The van der Waals surface area contributed by atoms with E-state index in [1.165, 1.54) is 0 Å². The van der Waals surface area contributed by atoms with Gasteiger partial charge in [-0.1, -0.05) is 0 Å². The predicted molar refractivity (Wildman–Crippen MR) is 52.3 cm³/mol. The van der Waals surface area contributed by atoms with E-state index in [2.05, 4.69) is 0 Å². The average Bonchev–Trinajstić information content (AvgIpc) is 2.17. The Hall–Kier alpha value is -1.99. The molecule has 0 aliphatic rings. The fourth-order valence-electron chi connectivity index (χ4n) is 1.10. The Morgan fingerprint density at radius 1 is 1.41 bits per heavy atom. The summed E-state index contributed by atoms with van der Waals surface area (Å²) in [5.74, 6) is -2.70. The van der Waals surface area contributed by atoms with Crippen LogP contribution in [-0.2, 0) is 0 Å². The largest absolute Gasteiger partial charge is 0.478 e. The number of nitrogen functional groups attached to an aromatic ring is 1. The zero-order valence-corrected chi connectivity index (χ0v) is 8.31. The van der Waals surface area contributed by atoms with Crippen LogP contribution in [0.4, 0.5) is 28.9 Å². The summed E-state index contributed by atoms with van der Waals surface area (Å²) in [6.07, 6.45) is -4.48. The highest BCUT2D eigenvalue weighted by Gasteiger charge is 2.27. The van der Waals surface area contributed by atoms with Crippen molar-refractivity contribution < 1.29 is 27.5 Å². The highest BCUT2D eigenvalue weighted by molar-refractivity contribution is 5.90. The lowest BCUT2D eigenvalue weighted by atomic mass is 10.1. The van der Waals surface area contributed by atoms with E-state index in [1.807, 2.05) is 5.32 Å². The number of halogens is 4. The highest BCUT2D eigenvalue weighted by atomic mass is 19.4. The maximum absolute atomic E-state index is 13.1. The number of benzene rings is 1. The standard InChI is InChI=1S/C9H8F4N2O2/c10-5-2-7(15-3-9(11,12)13)6(14)1-4(5)8(16)17/h1-2,15H,3,14H2,(H,16,17). The lowest BCUT2D eigenvalue weighted by molar-refractivity contribution is -0.115. The zero-order chi connectivity index (χ0) is 13.2. The van der Waals surface area contributed by atoms with Crippen molar-refractivity contribution in [3.05, 3.63) is 23.5 Å². The average molecular weight is 252 g/mol. The SMILES string of the molecule is Nc1cc(C(=O)O)c(F)cc1NCC(F)(F)F. The maximum atomic E-state index is 13.1. The number of carboxylic acids is 1. The fraction of sp³-hybridized carbons (Fsp3) is 0.222. The number of aromatic carboxylic acids is 1. The first-order valence-electron chi connectivity index (χ1n) is 4.33. The van der Waals surface area contributed by atoms with Crippen LogP contribution in [0.1, 0.15) is 10.4 Å². The number of carboxylic acid groups (broad SMARTS) is 1. The van der Waals surface area contributed by atoms with Gasteiger partial charge in [0.25, 0.3) is 0 Å². The smallest absolute Gasteiger partial charge is 0.405 e. The first-order valence-corrected chi connectivity index (χ1v) is 4.33. The quantitative estimate of drug-likeness (QED) is 0.568. The van der Waals surface area contributed by atoms with Gasteiger partial charge in [-0.15, -0.1) is 0 Å². The van der Waals surface area contributed by atoms with Gasteiger partial charge in [-0.3, -0.25) is 0 Å². The molecule has 4 N–H and O–H groups in total.